The molecule has 23 heavy (non-hydrogen) atoms. The Kier molecular flexibility index (Phi) is 5.48. The molecular formula is C16H22N3O3S+. The first-order valence-corrected chi connectivity index (χ1v) is 8.86. The molecule has 3 rings (SSSR count). The quantitative estimate of drug-likeness (QED) is 0.499. The highest BCUT2D eigenvalue weighted by molar-refractivity contribution is 7.85. The Hall–Kier alpha value is -1.80. The molecule has 0 unspecified atom stereocenters. The zero-order valence-corrected chi connectivity index (χ0v) is 13.9. The molecular weight excluding hydrogens is 314 g/mol. The Bertz CT molecular complexity index is 725. The van der Waals surface area contributed by atoms with Gasteiger partial charge in [0.2, 0.25) is 0 Å². The van der Waals surface area contributed by atoms with Crippen LogP contribution in [0.4, 0.5) is 5.69 Å². The predicted molar refractivity (Wildman–Crippen MR) is 90.2 cm³/mol. The van der Waals surface area contributed by atoms with Crippen LogP contribution >= 0.6 is 0 Å². The van der Waals surface area contributed by atoms with Crippen LogP contribution < -0.4 is 10.4 Å². The van der Waals surface area contributed by atoms with Crippen LogP contribution in [0.15, 0.2) is 53.7 Å². The average molecular weight is 336 g/mol. The molecule has 3 N–H and O–H groups in total. The molecule has 2 aromatic rings. The van der Waals surface area contributed by atoms with Crippen molar-refractivity contribution in [2.45, 2.75) is 24.7 Å². The summed E-state index contributed by atoms with van der Waals surface area (Å²) >= 11 is 0. The highest BCUT2D eigenvalue weighted by Gasteiger charge is 2.30. The Labute approximate surface area is 136 Å². The van der Waals surface area contributed by atoms with Gasteiger partial charge in [0.1, 0.15) is 13.1 Å². The predicted octanol–water partition coefficient (Wildman–Crippen LogP) is 2.30. The summed E-state index contributed by atoms with van der Waals surface area (Å²) in [5, 5.41) is 0. The Morgan fingerprint density at radius 2 is 1.74 bits per heavy atom. The number of hydrogen-bond donors (Lipinski definition) is 2. The van der Waals surface area contributed by atoms with Crippen molar-refractivity contribution in [3.05, 3.63) is 54.4 Å². The molecule has 0 spiro atoms. The normalized spacial score (nSPS) is 16.5. The lowest BCUT2D eigenvalue weighted by molar-refractivity contribution is 0.346. The number of quaternary nitrogens is 1. The van der Waals surface area contributed by atoms with Crippen molar-refractivity contribution in [1.82, 2.24) is 9.58 Å². The molecule has 124 valence electrons. The molecule has 0 saturated carbocycles. The van der Waals surface area contributed by atoms with E-state index < -0.39 is 10.1 Å². The minimum atomic E-state index is -4.02. The molecule has 0 amide bonds. The second kappa shape index (κ2) is 7.18. The van der Waals surface area contributed by atoms with Crippen LogP contribution in [0, 0.1) is 6.92 Å². The first-order valence-electron chi connectivity index (χ1n) is 7.42. The first-order chi connectivity index (χ1) is 10.8. The van der Waals surface area contributed by atoms with Crippen LogP contribution in [0.2, 0.25) is 0 Å². The fourth-order valence-electron chi connectivity index (χ4n) is 2.49. The average Bonchev–Trinajstić information content (AvgIpc) is 2.97. The lowest BCUT2D eigenvalue weighted by atomic mass is 10.2. The third-order valence-electron chi connectivity index (χ3n) is 3.84. The van der Waals surface area contributed by atoms with E-state index in [0.29, 0.717) is 4.59 Å². The lowest BCUT2D eigenvalue weighted by Crippen LogP contribution is -2.53. The number of nitrogens with two attached hydrogens (primary N) is 1. The van der Waals surface area contributed by atoms with Gasteiger partial charge < -0.3 is 0 Å². The number of benzene rings is 1. The van der Waals surface area contributed by atoms with E-state index in [0.717, 1.165) is 24.3 Å². The van der Waals surface area contributed by atoms with E-state index in [9.17, 15) is 8.42 Å². The zero-order chi connectivity index (χ0) is 16.9. The summed E-state index contributed by atoms with van der Waals surface area (Å²) in [5.41, 5.74) is 2.09. The number of nitrogens with zero attached hydrogens (tertiary/aromatic N) is 2. The summed E-state index contributed by atoms with van der Waals surface area (Å²) in [6.07, 6.45) is 6.10. The van der Waals surface area contributed by atoms with Crippen molar-refractivity contribution in [2.75, 3.05) is 13.1 Å². The number of hydrogen-bond acceptors (Lipinski definition) is 4. The van der Waals surface area contributed by atoms with Gasteiger partial charge in [-0.2, -0.15) is 14.3 Å². The number of aryl methyl sites for hydroxylation is 1. The smallest absolute Gasteiger partial charge is 0.282 e. The SMILES string of the molecule is Cc1ccc(S(=O)(=O)O)cc1.N[N+]1(c2cccnc2)CCCC1. The van der Waals surface area contributed by atoms with Crippen LogP contribution in [0.3, 0.4) is 0 Å². The maximum absolute atomic E-state index is 10.5. The Morgan fingerprint density at radius 1 is 1.13 bits per heavy atom. The maximum Gasteiger partial charge on any atom is 0.294 e. The first kappa shape index (κ1) is 17.6. The monoisotopic (exact) mass is 336 g/mol. The summed E-state index contributed by atoms with van der Waals surface area (Å²) < 4.78 is 30.1. The summed E-state index contributed by atoms with van der Waals surface area (Å²) in [5.74, 6) is 6.18. The molecule has 1 aliphatic heterocycles. The molecule has 1 aromatic carbocycles. The standard InChI is InChI=1S/C9H14N3.C7H8O3S/c10-12(6-1-2-7-12)9-4-3-5-11-8-9;1-6-2-4-7(5-3-6)11(8,9)10/h3-5,8H,1-2,6-7,10H2;2-5H,1H3,(H,8,9,10)/q+1;. The summed E-state index contributed by atoms with van der Waals surface area (Å²) in [6, 6.07) is 9.99. The molecule has 7 heteroatoms. The topological polar surface area (TPSA) is 93.3 Å². The van der Waals surface area contributed by atoms with Gasteiger partial charge in [0.05, 0.1) is 11.1 Å². The molecule has 1 aliphatic rings. The molecule has 2 heterocycles. The lowest BCUT2D eigenvalue weighted by Gasteiger charge is -2.25. The zero-order valence-electron chi connectivity index (χ0n) is 13.1. The maximum atomic E-state index is 10.5. The molecule has 0 bridgehead atoms. The second-order valence-electron chi connectivity index (χ2n) is 5.69. The molecule has 0 radical (unpaired) electrons. The molecule has 1 fully saturated rings. The van der Waals surface area contributed by atoms with E-state index in [1.807, 2.05) is 19.2 Å². The van der Waals surface area contributed by atoms with Crippen molar-refractivity contribution in [3.8, 4) is 0 Å². The minimum Gasteiger partial charge on any atom is -0.282 e. The van der Waals surface area contributed by atoms with Gasteiger partial charge in [0.25, 0.3) is 10.1 Å². The van der Waals surface area contributed by atoms with Crippen LogP contribution in [0.25, 0.3) is 0 Å². The van der Waals surface area contributed by atoms with Crippen LogP contribution in [-0.4, -0.2) is 31.0 Å². The van der Waals surface area contributed by atoms with Gasteiger partial charge in [0, 0.05) is 25.1 Å². The Morgan fingerprint density at radius 3 is 2.22 bits per heavy atom. The van der Waals surface area contributed by atoms with Crippen molar-refractivity contribution >= 4 is 15.8 Å². The van der Waals surface area contributed by atoms with Gasteiger partial charge in [-0.15, -0.1) is 0 Å². The van der Waals surface area contributed by atoms with Gasteiger partial charge in [-0.1, -0.05) is 17.7 Å². The molecule has 0 atom stereocenters. The number of pyridine rings is 1. The summed E-state index contributed by atoms with van der Waals surface area (Å²) in [6.45, 7) is 3.94. The Balaban J connectivity index is 0.000000168. The summed E-state index contributed by atoms with van der Waals surface area (Å²) in [7, 11) is -4.02. The number of aromatic nitrogens is 1. The third kappa shape index (κ3) is 4.84. The fraction of sp³-hybridized carbons (Fsp3) is 0.312. The summed E-state index contributed by atoms with van der Waals surface area (Å²) in [4.78, 5) is 4.01. The van der Waals surface area contributed by atoms with E-state index in [-0.39, 0.29) is 4.90 Å². The van der Waals surface area contributed by atoms with Gasteiger partial charge in [-0.25, -0.2) is 4.59 Å². The van der Waals surface area contributed by atoms with Gasteiger partial charge in [0.15, 0.2) is 5.69 Å². The van der Waals surface area contributed by atoms with E-state index in [1.54, 1.807) is 18.3 Å². The molecule has 6 nitrogen and oxygen atoms in total. The van der Waals surface area contributed by atoms with E-state index in [2.05, 4.69) is 11.1 Å². The molecule has 0 aliphatic carbocycles. The van der Waals surface area contributed by atoms with Crippen LogP contribution in [-0.2, 0) is 10.1 Å². The van der Waals surface area contributed by atoms with Crippen molar-refractivity contribution < 1.29 is 13.0 Å². The van der Waals surface area contributed by atoms with Crippen LogP contribution in [0.1, 0.15) is 18.4 Å². The highest BCUT2D eigenvalue weighted by Crippen LogP contribution is 2.23. The highest BCUT2D eigenvalue weighted by atomic mass is 32.2. The second-order valence-corrected chi connectivity index (χ2v) is 7.11. The van der Waals surface area contributed by atoms with Crippen molar-refractivity contribution in [1.29, 1.82) is 0 Å². The van der Waals surface area contributed by atoms with Gasteiger partial charge in [-0.05, 0) is 25.1 Å². The van der Waals surface area contributed by atoms with Crippen molar-refractivity contribution in [3.63, 3.8) is 0 Å². The van der Waals surface area contributed by atoms with Crippen molar-refractivity contribution in [2.24, 2.45) is 5.84 Å². The number of rotatable bonds is 2. The van der Waals surface area contributed by atoms with Gasteiger partial charge >= 0.3 is 0 Å². The third-order valence-corrected chi connectivity index (χ3v) is 4.71. The fourth-order valence-corrected chi connectivity index (χ4v) is 2.97. The van der Waals surface area contributed by atoms with E-state index in [1.165, 1.54) is 25.0 Å². The van der Waals surface area contributed by atoms with E-state index >= 15 is 0 Å². The van der Waals surface area contributed by atoms with Gasteiger partial charge in [-0.3, -0.25) is 9.54 Å². The van der Waals surface area contributed by atoms with Crippen LogP contribution in [0.5, 0.6) is 0 Å². The minimum absolute atomic E-state index is 0.0666. The van der Waals surface area contributed by atoms with E-state index in [4.69, 9.17) is 10.4 Å². The molecule has 1 saturated heterocycles. The molecule has 1 aromatic heterocycles. The largest absolute Gasteiger partial charge is 0.294 e.